The van der Waals surface area contributed by atoms with E-state index >= 15 is 0 Å². The van der Waals surface area contributed by atoms with Crippen LogP contribution in [0.4, 0.5) is 8.78 Å². The van der Waals surface area contributed by atoms with Crippen LogP contribution in [0, 0.1) is 17.6 Å². The van der Waals surface area contributed by atoms with Crippen LogP contribution < -0.4 is 5.32 Å². The Balaban J connectivity index is 1.93. The summed E-state index contributed by atoms with van der Waals surface area (Å²) < 4.78 is 26.4. The van der Waals surface area contributed by atoms with Crippen LogP contribution in [0.5, 0.6) is 0 Å². The van der Waals surface area contributed by atoms with Crippen LogP contribution in [-0.4, -0.2) is 17.3 Å². The number of hydrogen-bond acceptors (Lipinski definition) is 2. The maximum absolute atomic E-state index is 13.2. The van der Waals surface area contributed by atoms with Crippen LogP contribution >= 0.6 is 0 Å². The highest BCUT2D eigenvalue weighted by atomic mass is 19.1. The largest absolute Gasteiger partial charge is 0.389 e. The number of halogens is 2. The summed E-state index contributed by atoms with van der Waals surface area (Å²) >= 11 is 0. The van der Waals surface area contributed by atoms with Crippen LogP contribution in [0.3, 0.4) is 0 Å². The average molecular weight is 283 g/mol. The number of benzene rings is 1. The topological polar surface area (TPSA) is 32.3 Å². The van der Waals surface area contributed by atoms with Crippen molar-refractivity contribution in [2.75, 3.05) is 6.54 Å². The lowest BCUT2D eigenvalue weighted by Gasteiger charge is -2.36. The van der Waals surface area contributed by atoms with Gasteiger partial charge in [0.25, 0.3) is 0 Å². The van der Waals surface area contributed by atoms with E-state index in [1.807, 2.05) is 6.92 Å². The minimum absolute atomic E-state index is 0.191. The Kier molecular flexibility index (Phi) is 4.76. The zero-order valence-electron chi connectivity index (χ0n) is 12.1. The Morgan fingerprint density at radius 3 is 2.35 bits per heavy atom. The van der Waals surface area contributed by atoms with Gasteiger partial charge in [0.2, 0.25) is 0 Å². The summed E-state index contributed by atoms with van der Waals surface area (Å²) in [4.78, 5) is 0. The molecule has 0 radical (unpaired) electrons. The van der Waals surface area contributed by atoms with Crippen molar-refractivity contribution < 1.29 is 13.9 Å². The number of nitrogens with one attached hydrogen (secondary N) is 1. The zero-order chi connectivity index (χ0) is 14.8. The van der Waals surface area contributed by atoms with E-state index in [1.165, 1.54) is 12.1 Å². The third-order valence-corrected chi connectivity index (χ3v) is 4.33. The summed E-state index contributed by atoms with van der Waals surface area (Å²) in [6.07, 6.45) is 3.62. The Hall–Kier alpha value is -1.00. The van der Waals surface area contributed by atoms with Gasteiger partial charge in [-0.15, -0.1) is 0 Å². The maximum atomic E-state index is 13.2. The summed E-state index contributed by atoms with van der Waals surface area (Å²) in [5.41, 5.74) is -0.123. The van der Waals surface area contributed by atoms with Crippen molar-refractivity contribution in [3.63, 3.8) is 0 Å². The molecule has 0 bridgehead atoms. The first-order chi connectivity index (χ1) is 9.38. The molecule has 1 unspecified atom stereocenters. The lowest BCUT2D eigenvalue weighted by atomic mass is 9.79. The highest BCUT2D eigenvalue weighted by Crippen LogP contribution is 2.31. The first kappa shape index (κ1) is 15.4. The lowest BCUT2D eigenvalue weighted by Crippen LogP contribution is -2.44. The molecule has 0 heterocycles. The molecule has 4 heteroatoms. The van der Waals surface area contributed by atoms with E-state index in [4.69, 9.17) is 0 Å². The molecule has 0 amide bonds. The summed E-state index contributed by atoms with van der Waals surface area (Å²) in [6, 6.07) is 3.33. The van der Waals surface area contributed by atoms with Gasteiger partial charge in [0.1, 0.15) is 11.6 Å². The SMILES string of the molecule is CC1CCC(O)(CNC(C)c2cc(F)cc(F)c2)CC1. The molecular weight excluding hydrogens is 260 g/mol. The van der Waals surface area contributed by atoms with Crippen molar-refractivity contribution in [3.05, 3.63) is 35.4 Å². The summed E-state index contributed by atoms with van der Waals surface area (Å²) in [5, 5.41) is 13.7. The summed E-state index contributed by atoms with van der Waals surface area (Å²) in [5.74, 6) is -0.470. The first-order valence-corrected chi connectivity index (χ1v) is 7.30. The zero-order valence-corrected chi connectivity index (χ0v) is 12.1. The second-order valence-corrected chi connectivity index (χ2v) is 6.21. The average Bonchev–Trinajstić information content (AvgIpc) is 2.39. The Bertz CT molecular complexity index is 436. The van der Waals surface area contributed by atoms with Crippen molar-refractivity contribution in [1.82, 2.24) is 5.32 Å². The normalized spacial score (nSPS) is 28.4. The molecular formula is C16H23F2NO. The van der Waals surface area contributed by atoms with Crippen molar-refractivity contribution in [2.24, 2.45) is 5.92 Å². The van der Waals surface area contributed by atoms with Crippen LogP contribution in [0.1, 0.15) is 51.1 Å². The number of rotatable bonds is 4. The monoisotopic (exact) mass is 283 g/mol. The highest BCUT2D eigenvalue weighted by Gasteiger charge is 2.31. The van der Waals surface area contributed by atoms with Gasteiger partial charge < -0.3 is 10.4 Å². The predicted molar refractivity (Wildman–Crippen MR) is 75.4 cm³/mol. The molecule has 2 N–H and O–H groups in total. The molecule has 1 saturated carbocycles. The molecule has 1 aliphatic rings. The third-order valence-electron chi connectivity index (χ3n) is 4.33. The fraction of sp³-hybridized carbons (Fsp3) is 0.625. The van der Waals surface area contributed by atoms with Gasteiger partial charge in [-0.1, -0.05) is 6.92 Å². The van der Waals surface area contributed by atoms with Crippen molar-refractivity contribution in [1.29, 1.82) is 0 Å². The molecule has 1 atom stereocenters. The number of hydrogen-bond donors (Lipinski definition) is 2. The molecule has 0 saturated heterocycles. The highest BCUT2D eigenvalue weighted by molar-refractivity contribution is 5.21. The van der Waals surface area contributed by atoms with Gasteiger partial charge in [-0.2, -0.15) is 0 Å². The lowest BCUT2D eigenvalue weighted by molar-refractivity contribution is -0.00784. The van der Waals surface area contributed by atoms with Gasteiger partial charge in [-0.3, -0.25) is 0 Å². The molecule has 1 fully saturated rings. The van der Waals surface area contributed by atoms with E-state index in [2.05, 4.69) is 12.2 Å². The maximum Gasteiger partial charge on any atom is 0.126 e. The van der Waals surface area contributed by atoms with E-state index in [0.29, 0.717) is 18.0 Å². The first-order valence-electron chi connectivity index (χ1n) is 7.30. The number of aliphatic hydroxyl groups is 1. The second kappa shape index (κ2) is 6.19. The molecule has 1 aromatic carbocycles. The molecule has 112 valence electrons. The molecule has 0 spiro atoms. The van der Waals surface area contributed by atoms with E-state index in [9.17, 15) is 13.9 Å². The summed E-state index contributed by atoms with van der Waals surface area (Å²) in [7, 11) is 0. The van der Waals surface area contributed by atoms with Gasteiger partial charge in [0.05, 0.1) is 5.60 Å². The molecule has 1 aliphatic carbocycles. The smallest absolute Gasteiger partial charge is 0.126 e. The van der Waals surface area contributed by atoms with Gasteiger partial charge in [-0.05, 0) is 56.2 Å². The van der Waals surface area contributed by atoms with Crippen molar-refractivity contribution in [2.45, 2.75) is 51.2 Å². The Labute approximate surface area is 119 Å². The standard InChI is InChI=1S/C16H23F2NO/c1-11-3-5-16(20,6-4-11)10-19-12(2)13-7-14(17)9-15(18)8-13/h7-9,11-12,19-20H,3-6,10H2,1-2H3. The van der Waals surface area contributed by atoms with E-state index in [-0.39, 0.29) is 6.04 Å². The predicted octanol–water partition coefficient (Wildman–Crippen LogP) is 3.56. The molecule has 20 heavy (non-hydrogen) atoms. The molecule has 2 rings (SSSR count). The third kappa shape index (κ3) is 4.00. The van der Waals surface area contributed by atoms with Crippen LogP contribution in [-0.2, 0) is 0 Å². The van der Waals surface area contributed by atoms with Gasteiger partial charge in [0.15, 0.2) is 0 Å². The molecule has 0 aromatic heterocycles. The Morgan fingerprint density at radius 1 is 1.25 bits per heavy atom. The minimum Gasteiger partial charge on any atom is -0.389 e. The van der Waals surface area contributed by atoms with Gasteiger partial charge >= 0.3 is 0 Å². The van der Waals surface area contributed by atoms with E-state index < -0.39 is 17.2 Å². The molecule has 2 nitrogen and oxygen atoms in total. The Morgan fingerprint density at radius 2 is 1.80 bits per heavy atom. The van der Waals surface area contributed by atoms with Crippen LogP contribution in [0.25, 0.3) is 0 Å². The second-order valence-electron chi connectivity index (χ2n) is 6.21. The molecule has 0 aliphatic heterocycles. The van der Waals surface area contributed by atoms with Crippen molar-refractivity contribution in [3.8, 4) is 0 Å². The van der Waals surface area contributed by atoms with E-state index in [1.54, 1.807) is 0 Å². The van der Waals surface area contributed by atoms with Gasteiger partial charge in [0, 0.05) is 18.7 Å². The fourth-order valence-corrected chi connectivity index (χ4v) is 2.76. The van der Waals surface area contributed by atoms with Gasteiger partial charge in [-0.25, -0.2) is 8.78 Å². The summed E-state index contributed by atoms with van der Waals surface area (Å²) in [6.45, 7) is 4.51. The van der Waals surface area contributed by atoms with Crippen LogP contribution in [0.15, 0.2) is 18.2 Å². The van der Waals surface area contributed by atoms with Crippen LogP contribution in [0.2, 0.25) is 0 Å². The fourth-order valence-electron chi connectivity index (χ4n) is 2.76. The van der Waals surface area contributed by atoms with E-state index in [0.717, 1.165) is 31.7 Å². The minimum atomic E-state index is -0.688. The van der Waals surface area contributed by atoms with Crippen molar-refractivity contribution >= 4 is 0 Å². The quantitative estimate of drug-likeness (QED) is 0.885. The molecule has 1 aromatic rings.